The lowest BCUT2D eigenvalue weighted by atomic mass is 10.3. The molecule has 1 aliphatic rings. The fraction of sp³-hybridized carbons (Fsp3) is 0.500. The number of nitrogens with one attached hydrogen (secondary N) is 1. The third-order valence-corrected chi connectivity index (χ3v) is 4.66. The van der Waals surface area contributed by atoms with Gasteiger partial charge in [-0.25, -0.2) is 18.1 Å². The molecule has 0 amide bonds. The van der Waals surface area contributed by atoms with Crippen molar-refractivity contribution >= 4 is 26.0 Å². The first kappa shape index (κ1) is 12.0. The maximum absolute atomic E-state index is 11.9. The van der Waals surface area contributed by atoms with E-state index in [9.17, 15) is 8.42 Å². The molecule has 1 aromatic rings. The molecule has 1 aliphatic carbocycles. The molecule has 1 aromatic heterocycles. The van der Waals surface area contributed by atoms with E-state index in [0.29, 0.717) is 4.60 Å². The summed E-state index contributed by atoms with van der Waals surface area (Å²) in [6, 6.07) is 3.27. The molecule has 0 spiro atoms. The van der Waals surface area contributed by atoms with Gasteiger partial charge in [-0.3, -0.25) is 0 Å². The Morgan fingerprint density at radius 2 is 2.00 bits per heavy atom. The molecule has 0 radical (unpaired) electrons. The number of rotatable bonds is 3. The fourth-order valence-electron chi connectivity index (χ4n) is 1.85. The van der Waals surface area contributed by atoms with Gasteiger partial charge in [0.2, 0.25) is 10.0 Å². The molecule has 1 N–H and O–H groups in total. The highest BCUT2D eigenvalue weighted by Crippen LogP contribution is 2.20. The summed E-state index contributed by atoms with van der Waals surface area (Å²) >= 11 is 3.17. The minimum absolute atomic E-state index is 0.0913. The van der Waals surface area contributed by atoms with Gasteiger partial charge in [0.1, 0.15) is 9.50 Å². The minimum atomic E-state index is -3.39. The summed E-state index contributed by atoms with van der Waals surface area (Å²) in [5.41, 5.74) is 0. The quantitative estimate of drug-likeness (QED) is 0.870. The zero-order valence-electron chi connectivity index (χ0n) is 8.69. The van der Waals surface area contributed by atoms with Crippen molar-refractivity contribution in [3.05, 3.63) is 22.9 Å². The first-order valence-electron chi connectivity index (χ1n) is 5.22. The van der Waals surface area contributed by atoms with Crippen LogP contribution in [0.5, 0.6) is 0 Å². The van der Waals surface area contributed by atoms with Crippen LogP contribution < -0.4 is 4.72 Å². The molecule has 1 heterocycles. The van der Waals surface area contributed by atoms with E-state index < -0.39 is 10.0 Å². The van der Waals surface area contributed by atoms with Gasteiger partial charge in [0.15, 0.2) is 0 Å². The molecule has 2 rings (SSSR count). The molecule has 0 aliphatic heterocycles. The van der Waals surface area contributed by atoms with Crippen molar-refractivity contribution in [2.24, 2.45) is 0 Å². The molecule has 88 valence electrons. The second kappa shape index (κ2) is 4.81. The van der Waals surface area contributed by atoms with Crippen LogP contribution in [0.3, 0.4) is 0 Å². The number of hydrogen-bond acceptors (Lipinski definition) is 3. The molecular formula is C10H13BrN2O2S. The number of halogens is 1. The lowest BCUT2D eigenvalue weighted by Gasteiger charge is -2.12. The van der Waals surface area contributed by atoms with Crippen molar-refractivity contribution in [3.63, 3.8) is 0 Å². The monoisotopic (exact) mass is 304 g/mol. The van der Waals surface area contributed by atoms with Gasteiger partial charge >= 0.3 is 0 Å². The third kappa shape index (κ3) is 2.81. The van der Waals surface area contributed by atoms with E-state index in [4.69, 9.17) is 0 Å². The highest BCUT2D eigenvalue weighted by molar-refractivity contribution is 9.10. The predicted octanol–water partition coefficient (Wildman–Crippen LogP) is 2.06. The largest absolute Gasteiger partial charge is 0.248 e. The van der Waals surface area contributed by atoms with Gasteiger partial charge in [-0.1, -0.05) is 12.8 Å². The summed E-state index contributed by atoms with van der Waals surface area (Å²) in [5.74, 6) is 0. The average molecular weight is 305 g/mol. The van der Waals surface area contributed by atoms with Gasteiger partial charge in [-0.2, -0.15) is 0 Å². The van der Waals surface area contributed by atoms with Crippen molar-refractivity contribution in [1.29, 1.82) is 0 Å². The maximum Gasteiger partial charge on any atom is 0.242 e. The molecule has 4 nitrogen and oxygen atoms in total. The lowest BCUT2D eigenvalue weighted by Crippen LogP contribution is -2.32. The molecule has 0 bridgehead atoms. The van der Waals surface area contributed by atoms with Gasteiger partial charge in [-0.15, -0.1) is 0 Å². The second-order valence-corrected chi connectivity index (χ2v) is 6.45. The molecule has 0 atom stereocenters. The molecular weight excluding hydrogens is 292 g/mol. The Kier molecular flexibility index (Phi) is 3.61. The number of aromatic nitrogens is 1. The Labute approximate surface area is 104 Å². The van der Waals surface area contributed by atoms with E-state index in [2.05, 4.69) is 25.6 Å². The summed E-state index contributed by atoms with van der Waals surface area (Å²) in [6.45, 7) is 0. The first-order chi connectivity index (χ1) is 7.58. The van der Waals surface area contributed by atoms with E-state index in [1.165, 1.54) is 6.20 Å². The topological polar surface area (TPSA) is 59.1 Å². The van der Waals surface area contributed by atoms with Crippen LogP contribution in [0.15, 0.2) is 27.8 Å². The normalized spacial score (nSPS) is 17.8. The maximum atomic E-state index is 11.9. The summed E-state index contributed by atoms with van der Waals surface area (Å²) in [5, 5.41) is 0. The number of nitrogens with zero attached hydrogens (tertiary/aromatic N) is 1. The van der Waals surface area contributed by atoms with E-state index in [-0.39, 0.29) is 10.9 Å². The molecule has 1 fully saturated rings. The minimum Gasteiger partial charge on any atom is -0.248 e. The van der Waals surface area contributed by atoms with Crippen LogP contribution in [0.4, 0.5) is 0 Å². The lowest BCUT2D eigenvalue weighted by molar-refractivity contribution is 0.552. The van der Waals surface area contributed by atoms with Gasteiger partial charge < -0.3 is 0 Å². The van der Waals surface area contributed by atoms with Gasteiger partial charge in [-0.05, 0) is 40.9 Å². The Morgan fingerprint density at radius 3 is 2.56 bits per heavy atom. The number of hydrogen-bond donors (Lipinski definition) is 1. The molecule has 1 saturated carbocycles. The van der Waals surface area contributed by atoms with Gasteiger partial charge in [0.25, 0.3) is 0 Å². The molecule has 0 aromatic carbocycles. The Bertz CT molecular complexity index is 452. The summed E-state index contributed by atoms with van der Waals surface area (Å²) < 4.78 is 27.2. The summed E-state index contributed by atoms with van der Waals surface area (Å²) in [6.07, 6.45) is 5.44. The smallest absolute Gasteiger partial charge is 0.242 e. The van der Waals surface area contributed by atoms with Crippen LogP contribution in [-0.4, -0.2) is 19.4 Å². The van der Waals surface area contributed by atoms with Crippen LogP contribution >= 0.6 is 15.9 Å². The van der Waals surface area contributed by atoms with Crippen LogP contribution in [0.25, 0.3) is 0 Å². The van der Waals surface area contributed by atoms with E-state index in [0.717, 1.165) is 25.7 Å². The average Bonchev–Trinajstić information content (AvgIpc) is 2.70. The van der Waals surface area contributed by atoms with Crippen LogP contribution in [0.2, 0.25) is 0 Å². The Morgan fingerprint density at radius 1 is 1.31 bits per heavy atom. The molecule has 0 saturated heterocycles. The summed E-state index contributed by atoms with van der Waals surface area (Å²) in [7, 11) is -3.39. The van der Waals surface area contributed by atoms with E-state index >= 15 is 0 Å². The van der Waals surface area contributed by atoms with Crippen molar-refractivity contribution in [3.8, 4) is 0 Å². The molecule has 0 unspecified atom stereocenters. The van der Waals surface area contributed by atoms with Crippen molar-refractivity contribution in [2.45, 2.75) is 36.6 Å². The SMILES string of the molecule is O=S(=O)(NC1CCCC1)c1ccc(Br)nc1. The second-order valence-electron chi connectivity index (χ2n) is 3.92. The van der Waals surface area contributed by atoms with Gasteiger partial charge in [0.05, 0.1) is 0 Å². The number of sulfonamides is 1. The Balaban J connectivity index is 2.14. The van der Waals surface area contributed by atoms with Gasteiger partial charge in [0, 0.05) is 12.2 Å². The standard InChI is InChI=1S/C10H13BrN2O2S/c11-10-6-5-9(7-12-10)16(14,15)13-8-3-1-2-4-8/h5-8,13H,1-4H2. The highest BCUT2D eigenvalue weighted by atomic mass is 79.9. The number of pyridine rings is 1. The van der Waals surface area contributed by atoms with Crippen molar-refractivity contribution in [1.82, 2.24) is 9.71 Å². The first-order valence-corrected chi connectivity index (χ1v) is 7.49. The summed E-state index contributed by atoms with van der Waals surface area (Å²) in [4.78, 5) is 4.14. The van der Waals surface area contributed by atoms with Crippen molar-refractivity contribution in [2.75, 3.05) is 0 Å². The predicted molar refractivity (Wildman–Crippen MR) is 64.5 cm³/mol. The zero-order chi connectivity index (χ0) is 11.6. The molecule has 6 heteroatoms. The Hall–Kier alpha value is -0.460. The van der Waals surface area contributed by atoms with E-state index in [1.807, 2.05) is 0 Å². The third-order valence-electron chi connectivity index (χ3n) is 2.69. The van der Waals surface area contributed by atoms with E-state index in [1.54, 1.807) is 12.1 Å². The van der Waals surface area contributed by atoms with Crippen LogP contribution in [-0.2, 0) is 10.0 Å². The van der Waals surface area contributed by atoms with Crippen LogP contribution in [0, 0.1) is 0 Å². The highest BCUT2D eigenvalue weighted by Gasteiger charge is 2.22. The van der Waals surface area contributed by atoms with Crippen molar-refractivity contribution < 1.29 is 8.42 Å². The fourth-order valence-corrected chi connectivity index (χ4v) is 3.34. The zero-order valence-corrected chi connectivity index (χ0v) is 11.1. The molecule has 16 heavy (non-hydrogen) atoms. The van der Waals surface area contributed by atoms with Crippen LogP contribution in [0.1, 0.15) is 25.7 Å².